The fourth-order valence-corrected chi connectivity index (χ4v) is 3.96. The fourth-order valence-electron chi connectivity index (χ4n) is 2.29. The van der Waals surface area contributed by atoms with Gasteiger partial charge in [0.1, 0.15) is 17.3 Å². The number of rotatable bonds is 6. The van der Waals surface area contributed by atoms with Crippen LogP contribution >= 0.6 is 23.2 Å². The molecule has 0 aliphatic carbocycles. The van der Waals surface area contributed by atoms with Gasteiger partial charge >= 0.3 is 16.1 Å². The van der Waals surface area contributed by atoms with Crippen molar-refractivity contribution >= 4 is 39.3 Å². The molecule has 0 heterocycles. The van der Waals surface area contributed by atoms with E-state index in [-0.39, 0.29) is 32.9 Å². The van der Waals surface area contributed by atoms with Crippen LogP contribution in [0.25, 0.3) is 0 Å². The van der Waals surface area contributed by atoms with Crippen LogP contribution in [0.5, 0.6) is 5.75 Å². The van der Waals surface area contributed by atoms with Crippen LogP contribution in [0, 0.1) is 0 Å². The summed E-state index contributed by atoms with van der Waals surface area (Å²) < 4.78 is 35.1. The van der Waals surface area contributed by atoms with Gasteiger partial charge in [-0.2, -0.15) is 8.42 Å². The Bertz CT molecular complexity index is 1080. The second kappa shape index (κ2) is 8.65. The van der Waals surface area contributed by atoms with E-state index in [1.807, 2.05) is 30.3 Å². The molecule has 0 bridgehead atoms. The second-order valence-corrected chi connectivity index (χ2v) is 8.06. The Kier molecular flexibility index (Phi) is 6.24. The third-order valence-corrected chi connectivity index (χ3v) is 5.64. The molecule has 0 radical (unpaired) electrons. The SMILES string of the molecule is O=C(OCc1ccccc1)c1ccc(OS(=O)(=O)c2cc(Cl)ccc2Cl)cc1. The van der Waals surface area contributed by atoms with Gasteiger partial charge in [-0.25, -0.2) is 4.79 Å². The predicted octanol–water partition coefficient (Wildman–Crippen LogP) is 5.12. The highest BCUT2D eigenvalue weighted by Crippen LogP contribution is 2.28. The Hall–Kier alpha value is -2.54. The van der Waals surface area contributed by atoms with Crippen LogP contribution in [-0.4, -0.2) is 14.4 Å². The average Bonchev–Trinajstić information content (AvgIpc) is 2.69. The molecule has 0 N–H and O–H groups in total. The molecule has 144 valence electrons. The van der Waals surface area contributed by atoms with Crippen LogP contribution in [0.4, 0.5) is 0 Å². The topological polar surface area (TPSA) is 69.7 Å². The van der Waals surface area contributed by atoms with Crippen LogP contribution in [0.1, 0.15) is 15.9 Å². The smallest absolute Gasteiger partial charge is 0.340 e. The molecule has 3 aromatic rings. The van der Waals surface area contributed by atoms with Gasteiger partial charge in [-0.05, 0) is 48.0 Å². The Labute approximate surface area is 172 Å². The summed E-state index contributed by atoms with van der Waals surface area (Å²) in [7, 11) is -4.18. The Morgan fingerprint density at radius 2 is 1.57 bits per heavy atom. The van der Waals surface area contributed by atoms with E-state index in [0.29, 0.717) is 0 Å². The summed E-state index contributed by atoms with van der Waals surface area (Å²) in [5, 5.41) is 0.202. The van der Waals surface area contributed by atoms with E-state index in [1.165, 1.54) is 42.5 Å². The van der Waals surface area contributed by atoms with Crippen molar-refractivity contribution in [1.29, 1.82) is 0 Å². The van der Waals surface area contributed by atoms with Crippen molar-refractivity contribution in [2.75, 3.05) is 0 Å². The lowest BCUT2D eigenvalue weighted by atomic mass is 10.2. The predicted molar refractivity (Wildman–Crippen MR) is 106 cm³/mol. The van der Waals surface area contributed by atoms with Gasteiger partial charge in [0.2, 0.25) is 0 Å². The van der Waals surface area contributed by atoms with Gasteiger partial charge in [0.15, 0.2) is 0 Å². The van der Waals surface area contributed by atoms with Crippen LogP contribution < -0.4 is 4.18 Å². The number of hydrogen-bond acceptors (Lipinski definition) is 5. The van der Waals surface area contributed by atoms with E-state index in [9.17, 15) is 13.2 Å². The molecule has 0 aromatic heterocycles. The van der Waals surface area contributed by atoms with Gasteiger partial charge in [0, 0.05) is 5.02 Å². The molecule has 0 unspecified atom stereocenters. The van der Waals surface area contributed by atoms with Crippen molar-refractivity contribution in [1.82, 2.24) is 0 Å². The maximum Gasteiger partial charge on any atom is 0.340 e. The molecule has 0 saturated carbocycles. The van der Waals surface area contributed by atoms with Crippen molar-refractivity contribution < 1.29 is 22.1 Å². The van der Waals surface area contributed by atoms with Crippen molar-refractivity contribution in [3.05, 3.63) is 94.0 Å². The summed E-state index contributed by atoms with van der Waals surface area (Å²) in [6, 6.07) is 18.8. The van der Waals surface area contributed by atoms with Gasteiger partial charge in [-0.15, -0.1) is 0 Å². The number of hydrogen-bond donors (Lipinski definition) is 0. The lowest BCUT2D eigenvalue weighted by Gasteiger charge is -2.09. The Morgan fingerprint density at radius 1 is 0.893 bits per heavy atom. The molecular weight excluding hydrogens is 423 g/mol. The van der Waals surface area contributed by atoms with E-state index in [1.54, 1.807) is 0 Å². The molecule has 0 aliphatic heterocycles. The molecule has 0 aliphatic rings. The number of carbonyl (C=O) groups excluding carboxylic acids is 1. The second-order valence-electron chi connectivity index (χ2n) is 5.70. The quantitative estimate of drug-likeness (QED) is 0.396. The highest BCUT2D eigenvalue weighted by molar-refractivity contribution is 7.87. The first kappa shape index (κ1) is 20.2. The highest BCUT2D eigenvalue weighted by Gasteiger charge is 2.21. The number of ether oxygens (including phenoxy) is 1. The largest absolute Gasteiger partial charge is 0.457 e. The zero-order valence-electron chi connectivity index (χ0n) is 14.3. The molecule has 0 atom stereocenters. The maximum absolute atomic E-state index is 12.4. The molecule has 0 saturated heterocycles. The van der Waals surface area contributed by atoms with E-state index in [2.05, 4.69) is 0 Å². The van der Waals surface area contributed by atoms with Crippen LogP contribution in [0.3, 0.4) is 0 Å². The van der Waals surface area contributed by atoms with Crippen molar-refractivity contribution in [3.8, 4) is 5.75 Å². The molecule has 8 heteroatoms. The highest BCUT2D eigenvalue weighted by atomic mass is 35.5. The molecule has 0 amide bonds. The molecule has 28 heavy (non-hydrogen) atoms. The third-order valence-electron chi connectivity index (χ3n) is 3.67. The summed E-state index contributed by atoms with van der Waals surface area (Å²) in [6.45, 7) is 0.138. The standard InChI is InChI=1S/C20H14Cl2O5S/c21-16-8-11-18(22)19(12-16)28(24,25)27-17-9-6-15(7-10-17)20(23)26-13-14-4-2-1-3-5-14/h1-12H,13H2. The van der Waals surface area contributed by atoms with E-state index >= 15 is 0 Å². The molecular formula is C20H14Cl2O5S. The minimum Gasteiger partial charge on any atom is -0.457 e. The fraction of sp³-hybridized carbons (Fsp3) is 0.0500. The zero-order valence-corrected chi connectivity index (χ0v) is 16.7. The number of halogens is 2. The number of carbonyl (C=O) groups is 1. The summed E-state index contributed by atoms with van der Waals surface area (Å²) in [6.07, 6.45) is 0. The van der Waals surface area contributed by atoms with Crippen LogP contribution in [-0.2, 0) is 21.5 Å². The van der Waals surface area contributed by atoms with Crippen molar-refractivity contribution in [3.63, 3.8) is 0 Å². The lowest BCUT2D eigenvalue weighted by Crippen LogP contribution is -2.11. The van der Waals surface area contributed by atoms with Gasteiger partial charge < -0.3 is 8.92 Å². The summed E-state index contributed by atoms with van der Waals surface area (Å²) in [5.41, 5.74) is 1.13. The lowest BCUT2D eigenvalue weighted by molar-refractivity contribution is 0.0472. The molecule has 0 spiro atoms. The summed E-state index contributed by atoms with van der Waals surface area (Å²) in [5.74, 6) is -0.508. The molecule has 3 aromatic carbocycles. The van der Waals surface area contributed by atoms with E-state index < -0.39 is 16.1 Å². The van der Waals surface area contributed by atoms with Gasteiger partial charge in [-0.1, -0.05) is 53.5 Å². The first-order chi connectivity index (χ1) is 13.3. The van der Waals surface area contributed by atoms with Crippen LogP contribution in [0.2, 0.25) is 10.0 Å². The van der Waals surface area contributed by atoms with Crippen LogP contribution in [0.15, 0.2) is 77.7 Å². The van der Waals surface area contributed by atoms with Crippen molar-refractivity contribution in [2.24, 2.45) is 0 Å². The summed E-state index contributed by atoms with van der Waals surface area (Å²) >= 11 is 11.7. The molecule has 3 rings (SSSR count). The maximum atomic E-state index is 12.4. The van der Waals surface area contributed by atoms with Gasteiger partial charge in [0.05, 0.1) is 10.6 Å². The van der Waals surface area contributed by atoms with Gasteiger partial charge in [0.25, 0.3) is 0 Å². The Balaban J connectivity index is 1.68. The average molecular weight is 437 g/mol. The van der Waals surface area contributed by atoms with E-state index in [0.717, 1.165) is 5.56 Å². The van der Waals surface area contributed by atoms with Crippen molar-refractivity contribution in [2.45, 2.75) is 11.5 Å². The normalized spacial score (nSPS) is 11.1. The van der Waals surface area contributed by atoms with Gasteiger partial charge in [-0.3, -0.25) is 0 Å². The third kappa shape index (κ3) is 5.04. The first-order valence-corrected chi connectivity index (χ1v) is 10.2. The Morgan fingerprint density at radius 3 is 2.25 bits per heavy atom. The minimum atomic E-state index is -4.18. The molecule has 0 fully saturated rings. The molecule has 5 nitrogen and oxygen atoms in total. The zero-order chi connectivity index (χ0) is 20.1. The monoisotopic (exact) mass is 436 g/mol. The number of benzene rings is 3. The first-order valence-electron chi connectivity index (χ1n) is 8.06. The van der Waals surface area contributed by atoms with E-state index in [4.69, 9.17) is 32.1 Å². The summed E-state index contributed by atoms with van der Waals surface area (Å²) in [4.78, 5) is 11.9. The minimum absolute atomic E-state index is 0.00879. The number of esters is 1.